The highest BCUT2D eigenvalue weighted by molar-refractivity contribution is 5.98. The fourth-order valence-corrected chi connectivity index (χ4v) is 3.05. The van der Waals surface area contributed by atoms with Crippen LogP contribution < -0.4 is 29.7 Å². The number of rotatable bonds is 8. The van der Waals surface area contributed by atoms with E-state index in [0.717, 1.165) is 0 Å². The van der Waals surface area contributed by atoms with E-state index in [4.69, 9.17) is 18.9 Å². The molecule has 1 atom stereocenters. The molecule has 1 heterocycles. The number of amides is 2. The molecule has 2 aromatic rings. The molecule has 1 aliphatic heterocycles. The van der Waals surface area contributed by atoms with Gasteiger partial charge in [-0.15, -0.1) is 0 Å². The number of carbonyl (C=O) groups is 2. The van der Waals surface area contributed by atoms with Crippen molar-refractivity contribution in [2.24, 2.45) is 11.0 Å². The van der Waals surface area contributed by atoms with Crippen LogP contribution in [0.3, 0.4) is 0 Å². The third-order valence-corrected chi connectivity index (χ3v) is 4.68. The topological polar surface area (TPSA) is 107 Å². The average Bonchev–Trinajstić information content (AvgIpc) is 3.24. The van der Waals surface area contributed by atoms with Gasteiger partial charge in [0.1, 0.15) is 6.04 Å². The Kier molecular flexibility index (Phi) is 6.96. The van der Waals surface area contributed by atoms with Crippen LogP contribution >= 0.6 is 0 Å². The highest BCUT2D eigenvalue weighted by atomic mass is 16.7. The van der Waals surface area contributed by atoms with Gasteiger partial charge in [-0.25, -0.2) is 5.43 Å². The van der Waals surface area contributed by atoms with Gasteiger partial charge < -0.3 is 24.3 Å². The molecular weight excluding hydrogens is 402 g/mol. The van der Waals surface area contributed by atoms with E-state index in [0.29, 0.717) is 34.1 Å². The fourth-order valence-electron chi connectivity index (χ4n) is 3.05. The molecule has 0 bridgehead atoms. The lowest BCUT2D eigenvalue weighted by atomic mass is 10.0. The lowest BCUT2D eigenvalue weighted by Crippen LogP contribution is -2.48. The maximum atomic E-state index is 12.7. The van der Waals surface area contributed by atoms with Crippen LogP contribution in [0.1, 0.15) is 29.8 Å². The van der Waals surface area contributed by atoms with E-state index in [-0.39, 0.29) is 12.7 Å². The zero-order valence-electron chi connectivity index (χ0n) is 17.8. The minimum absolute atomic E-state index is 0.119. The second-order valence-corrected chi connectivity index (χ2v) is 7.08. The molecule has 0 fully saturated rings. The Morgan fingerprint density at radius 2 is 1.87 bits per heavy atom. The van der Waals surface area contributed by atoms with Gasteiger partial charge in [0.05, 0.1) is 20.4 Å². The first-order valence-electron chi connectivity index (χ1n) is 9.69. The molecule has 9 heteroatoms. The van der Waals surface area contributed by atoms with Gasteiger partial charge in [-0.2, -0.15) is 5.10 Å². The smallest absolute Gasteiger partial charge is 0.262 e. The summed E-state index contributed by atoms with van der Waals surface area (Å²) in [6.07, 6.45) is 1.45. The maximum absolute atomic E-state index is 12.7. The Bertz CT molecular complexity index is 989. The van der Waals surface area contributed by atoms with Crippen molar-refractivity contribution in [3.05, 3.63) is 47.5 Å². The van der Waals surface area contributed by atoms with Crippen molar-refractivity contribution < 1.29 is 28.5 Å². The summed E-state index contributed by atoms with van der Waals surface area (Å²) in [6, 6.07) is 9.39. The molecule has 0 radical (unpaired) electrons. The number of nitrogens with one attached hydrogen (secondary N) is 2. The van der Waals surface area contributed by atoms with Crippen LogP contribution in [0.25, 0.3) is 0 Å². The van der Waals surface area contributed by atoms with Crippen LogP contribution in [0.4, 0.5) is 0 Å². The monoisotopic (exact) mass is 427 g/mol. The third-order valence-electron chi connectivity index (χ3n) is 4.68. The molecular formula is C22H25N3O6. The number of fused-ring (bicyclic) bond motifs is 1. The first-order chi connectivity index (χ1) is 14.9. The molecule has 3 rings (SSSR count). The highest BCUT2D eigenvalue weighted by Crippen LogP contribution is 2.32. The zero-order valence-corrected chi connectivity index (χ0v) is 17.8. The summed E-state index contributed by atoms with van der Waals surface area (Å²) in [5.41, 5.74) is 3.47. The van der Waals surface area contributed by atoms with E-state index in [2.05, 4.69) is 15.8 Å². The van der Waals surface area contributed by atoms with E-state index in [1.807, 2.05) is 13.8 Å². The molecule has 0 saturated carbocycles. The number of methoxy groups -OCH3 is 2. The molecule has 2 aromatic carbocycles. The summed E-state index contributed by atoms with van der Waals surface area (Å²) in [5, 5.41) is 6.76. The Labute approximate surface area is 180 Å². The molecule has 0 aromatic heterocycles. The zero-order chi connectivity index (χ0) is 22.4. The van der Waals surface area contributed by atoms with Crippen molar-refractivity contribution in [1.82, 2.24) is 10.7 Å². The van der Waals surface area contributed by atoms with Crippen LogP contribution in [0.15, 0.2) is 41.5 Å². The number of carbonyl (C=O) groups excluding carboxylic acids is 2. The molecule has 2 amide bonds. The summed E-state index contributed by atoms with van der Waals surface area (Å²) < 4.78 is 21.1. The van der Waals surface area contributed by atoms with Crippen LogP contribution in [0.2, 0.25) is 0 Å². The standard InChI is InChI=1S/C22H25N3O6/c1-13(2)19(24-21(26)14-8-9-16-18(10-14)31-12-30-16)22(27)25-23-11-15-6-5-7-17(28-3)20(15)29-4/h5-11,13,19H,12H2,1-4H3,(H,24,26)(H,25,27)/b23-11+. The van der Waals surface area contributed by atoms with Gasteiger partial charge in [0.2, 0.25) is 6.79 Å². The van der Waals surface area contributed by atoms with Crippen LogP contribution in [0, 0.1) is 5.92 Å². The van der Waals surface area contributed by atoms with Crippen molar-refractivity contribution in [1.29, 1.82) is 0 Å². The quantitative estimate of drug-likeness (QED) is 0.495. The van der Waals surface area contributed by atoms with E-state index < -0.39 is 17.9 Å². The first-order valence-corrected chi connectivity index (χ1v) is 9.69. The van der Waals surface area contributed by atoms with Crippen LogP contribution in [-0.2, 0) is 4.79 Å². The Balaban J connectivity index is 1.67. The molecule has 0 saturated heterocycles. The van der Waals surface area contributed by atoms with Gasteiger partial charge in [0, 0.05) is 11.1 Å². The highest BCUT2D eigenvalue weighted by Gasteiger charge is 2.25. The molecule has 1 unspecified atom stereocenters. The van der Waals surface area contributed by atoms with Crippen molar-refractivity contribution in [2.75, 3.05) is 21.0 Å². The number of benzene rings is 2. The van der Waals surface area contributed by atoms with Crippen molar-refractivity contribution in [3.8, 4) is 23.0 Å². The molecule has 9 nitrogen and oxygen atoms in total. The Morgan fingerprint density at radius 1 is 1.10 bits per heavy atom. The number of hydrogen-bond acceptors (Lipinski definition) is 7. The van der Waals surface area contributed by atoms with Gasteiger partial charge in [-0.3, -0.25) is 9.59 Å². The Hall–Kier alpha value is -3.75. The minimum atomic E-state index is -0.790. The molecule has 31 heavy (non-hydrogen) atoms. The second kappa shape index (κ2) is 9.84. The fraction of sp³-hybridized carbons (Fsp3) is 0.318. The van der Waals surface area contributed by atoms with E-state index in [1.54, 1.807) is 36.4 Å². The van der Waals surface area contributed by atoms with Crippen molar-refractivity contribution in [2.45, 2.75) is 19.9 Å². The minimum Gasteiger partial charge on any atom is -0.493 e. The number of hydrazone groups is 1. The summed E-state index contributed by atoms with van der Waals surface area (Å²) in [5.74, 6) is 1.12. The van der Waals surface area contributed by atoms with Crippen molar-refractivity contribution >= 4 is 18.0 Å². The predicted octanol–water partition coefficient (Wildman–Crippen LogP) is 2.34. The summed E-state index contributed by atoms with van der Waals surface area (Å²) in [7, 11) is 3.06. The first kappa shape index (κ1) is 21.9. The third kappa shape index (κ3) is 5.06. The van der Waals surface area contributed by atoms with Gasteiger partial charge >= 0.3 is 0 Å². The van der Waals surface area contributed by atoms with Crippen LogP contribution in [0.5, 0.6) is 23.0 Å². The Morgan fingerprint density at radius 3 is 2.58 bits per heavy atom. The summed E-state index contributed by atoms with van der Waals surface area (Å²) in [6.45, 7) is 3.78. The van der Waals surface area contributed by atoms with Crippen molar-refractivity contribution in [3.63, 3.8) is 0 Å². The lowest BCUT2D eigenvalue weighted by molar-refractivity contribution is -0.123. The normalized spacial score (nSPS) is 13.2. The average molecular weight is 427 g/mol. The van der Waals surface area contributed by atoms with Gasteiger partial charge in [0.25, 0.3) is 11.8 Å². The largest absolute Gasteiger partial charge is 0.493 e. The summed E-state index contributed by atoms with van der Waals surface area (Å²) >= 11 is 0. The van der Waals surface area contributed by atoms with E-state index >= 15 is 0 Å². The number of ether oxygens (including phenoxy) is 4. The number of para-hydroxylation sites is 1. The van der Waals surface area contributed by atoms with E-state index in [1.165, 1.54) is 20.4 Å². The van der Waals surface area contributed by atoms with E-state index in [9.17, 15) is 9.59 Å². The predicted molar refractivity (Wildman–Crippen MR) is 114 cm³/mol. The molecule has 1 aliphatic rings. The molecule has 2 N–H and O–H groups in total. The second-order valence-electron chi connectivity index (χ2n) is 7.08. The summed E-state index contributed by atoms with van der Waals surface area (Å²) in [4.78, 5) is 25.3. The molecule has 0 spiro atoms. The molecule has 0 aliphatic carbocycles. The van der Waals surface area contributed by atoms with Gasteiger partial charge in [-0.1, -0.05) is 19.9 Å². The van der Waals surface area contributed by atoms with Gasteiger partial charge in [-0.05, 0) is 36.2 Å². The molecule has 164 valence electrons. The SMILES string of the molecule is COc1cccc(/C=N/NC(=O)C(NC(=O)c2ccc3c(c2)OCO3)C(C)C)c1OC. The van der Waals surface area contributed by atoms with Gasteiger partial charge in [0.15, 0.2) is 23.0 Å². The number of nitrogens with zero attached hydrogens (tertiary/aromatic N) is 1. The van der Waals surface area contributed by atoms with Crippen LogP contribution in [-0.4, -0.2) is 45.1 Å². The maximum Gasteiger partial charge on any atom is 0.262 e. The number of hydrogen-bond donors (Lipinski definition) is 2. The lowest BCUT2D eigenvalue weighted by Gasteiger charge is -2.20.